The topological polar surface area (TPSA) is 84.8 Å². The Balaban J connectivity index is 1.66. The van der Waals surface area contributed by atoms with Crippen molar-refractivity contribution in [1.82, 2.24) is 0 Å². The van der Waals surface area contributed by atoms with Crippen molar-refractivity contribution in [3.63, 3.8) is 0 Å². The number of hydrogen-bond donors (Lipinski definition) is 1. The molecule has 0 radical (unpaired) electrons. The third-order valence-corrected chi connectivity index (χ3v) is 6.12. The molecule has 31 heavy (non-hydrogen) atoms. The number of ether oxygens (including phenoxy) is 7. The second kappa shape index (κ2) is 8.45. The molecule has 2 aromatic carbocycles. The van der Waals surface area contributed by atoms with Crippen LogP contribution in [0.1, 0.15) is 23.3 Å². The molecule has 2 aromatic rings. The lowest BCUT2D eigenvalue weighted by atomic mass is 9.81. The molecule has 0 unspecified atom stereocenters. The monoisotopic (exact) mass is 432 g/mol. The standard InChI is InChI=1S/C23H28O8/c1-25-16-7-6-13(8-17(16)26-2)20-15-11-30-22(23(15,24)12-31-20)14-9-18(27-3)21(29-5)19(10-14)28-4/h6-10,15,20,22,24H,11-12H2,1-5H3/t15-,20-,22-,23-/m1/s1. The minimum atomic E-state index is -1.21. The lowest BCUT2D eigenvalue weighted by Gasteiger charge is -2.28. The van der Waals surface area contributed by atoms with E-state index in [2.05, 4.69) is 0 Å². The van der Waals surface area contributed by atoms with Crippen LogP contribution in [0.15, 0.2) is 30.3 Å². The molecular formula is C23H28O8. The third kappa shape index (κ3) is 3.44. The Morgan fingerprint density at radius 3 is 1.97 bits per heavy atom. The van der Waals surface area contributed by atoms with Crippen LogP contribution in [0.2, 0.25) is 0 Å². The fraction of sp³-hybridized carbons (Fsp3) is 0.478. The summed E-state index contributed by atoms with van der Waals surface area (Å²) in [6.45, 7) is 0.481. The summed E-state index contributed by atoms with van der Waals surface area (Å²) in [5.74, 6) is 2.48. The Morgan fingerprint density at radius 1 is 0.774 bits per heavy atom. The second-order valence-corrected chi connectivity index (χ2v) is 7.62. The van der Waals surface area contributed by atoms with Gasteiger partial charge in [-0.1, -0.05) is 6.07 Å². The van der Waals surface area contributed by atoms with Gasteiger partial charge < -0.3 is 38.3 Å². The molecule has 8 heteroatoms. The molecule has 4 rings (SSSR count). The zero-order chi connectivity index (χ0) is 22.2. The Bertz CT molecular complexity index is 920. The van der Waals surface area contributed by atoms with Gasteiger partial charge in [-0.15, -0.1) is 0 Å². The minimum Gasteiger partial charge on any atom is -0.493 e. The van der Waals surface area contributed by atoms with Crippen molar-refractivity contribution >= 4 is 0 Å². The predicted molar refractivity (Wildman–Crippen MR) is 111 cm³/mol. The van der Waals surface area contributed by atoms with Crippen molar-refractivity contribution < 1.29 is 38.3 Å². The maximum Gasteiger partial charge on any atom is 0.203 e. The molecule has 1 N–H and O–H groups in total. The molecule has 2 fully saturated rings. The molecule has 0 aromatic heterocycles. The Hall–Kier alpha value is -2.68. The number of aliphatic hydroxyl groups is 1. The minimum absolute atomic E-state index is 0.137. The summed E-state index contributed by atoms with van der Waals surface area (Å²) in [6.07, 6.45) is -0.937. The zero-order valence-corrected chi connectivity index (χ0v) is 18.3. The van der Waals surface area contributed by atoms with E-state index < -0.39 is 11.7 Å². The van der Waals surface area contributed by atoms with Gasteiger partial charge in [-0.05, 0) is 35.4 Å². The van der Waals surface area contributed by atoms with Crippen LogP contribution in [0.25, 0.3) is 0 Å². The van der Waals surface area contributed by atoms with Crippen LogP contribution in [-0.4, -0.2) is 59.5 Å². The van der Waals surface area contributed by atoms with Crippen LogP contribution < -0.4 is 23.7 Å². The molecule has 168 valence electrons. The predicted octanol–water partition coefficient (Wildman–Crippen LogP) is 2.92. The van der Waals surface area contributed by atoms with Crippen LogP contribution in [0.5, 0.6) is 28.7 Å². The molecule has 4 atom stereocenters. The molecule has 0 bridgehead atoms. The Morgan fingerprint density at radius 2 is 1.39 bits per heavy atom. The van der Waals surface area contributed by atoms with E-state index in [9.17, 15) is 5.11 Å². The van der Waals surface area contributed by atoms with Crippen molar-refractivity contribution in [3.8, 4) is 28.7 Å². The lowest BCUT2D eigenvalue weighted by Crippen LogP contribution is -2.39. The van der Waals surface area contributed by atoms with Gasteiger partial charge in [-0.2, -0.15) is 0 Å². The van der Waals surface area contributed by atoms with E-state index in [-0.39, 0.29) is 18.6 Å². The van der Waals surface area contributed by atoms with Gasteiger partial charge >= 0.3 is 0 Å². The normalized spacial score (nSPS) is 27.0. The molecule has 2 aliphatic rings. The van der Waals surface area contributed by atoms with Gasteiger partial charge in [-0.3, -0.25) is 0 Å². The SMILES string of the molecule is COc1ccc([C@H]2OC[C@]3(O)[C@@H](c4cc(OC)c(OC)c(OC)c4)OC[C@H]23)cc1OC. The van der Waals surface area contributed by atoms with Crippen molar-refractivity contribution in [1.29, 1.82) is 0 Å². The van der Waals surface area contributed by atoms with Crippen LogP contribution in [0, 0.1) is 5.92 Å². The summed E-state index contributed by atoms with van der Waals surface area (Å²) in [5.41, 5.74) is 0.423. The maximum atomic E-state index is 11.6. The maximum absolute atomic E-state index is 11.6. The van der Waals surface area contributed by atoms with Gasteiger partial charge in [-0.25, -0.2) is 0 Å². The third-order valence-electron chi connectivity index (χ3n) is 6.12. The quantitative estimate of drug-likeness (QED) is 0.715. The van der Waals surface area contributed by atoms with Crippen molar-refractivity contribution in [3.05, 3.63) is 41.5 Å². The van der Waals surface area contributed by atoms with E-state index in [1.165, 1.54) is 0 Å². The van der Waals surface area contributed by atoms with Crippen molar-refractivity contribution in [2.75, 3.05) is 48.8 Å². The average Bonchev–Trinajstić information content (AvgIpc) is 3.31. The first-order valence-electron chi connectivity index (χ1n) is 9.98. The summed E-state index contributed by atoms with van der Waals surface area (Å²) < 4.78 is 39.2. The molecule has 2 aliphatic heterocycles. The van der Waals surface area contributed by atoms with Gasteiger partial charge in [0.25, 0.3) is 0 Å². The highest BCUT2D eigenvalue weighted by molar-refractivity contribution is 5.55. The lowest BCUT2D eigenvalue weighted by molar-refractivity contribution is -0.0629. The van der Waals surface area contributed by atoms with Crippen LogP contribution >= 0.6 is 0 Å². The number of methoxy groups -OCH3 is 5. The number of fused-ring (bicyclic) bond motifs is 1. The van der Waals surface area contributed by atoms with E-state index in [0.29, 0.717) is 35.4 Å². The van der Waals surface area contributed by atoms with Gasteiger partial charge in [0.15, 0.2) is 23.0 Å². The summed E-state index contributed by atoms with van der Waals surface area (Å²) in [6, 6.07) is 9.24. The molecule has 0 aliphatic carbocycles. The largest absolute Gasteiger partial charge is 0.493 e. The van der Waals surface area contributed by atoms with E-state index in [4.69, 9.17) is 33.2 Å². The van der Waals surface area contributed by atoms with Crippen molar-refractivity contribution in [2.24, 2.45) is 5.92 Å². The smallest absolute Gasteiger partial charge is 0.203 e. The van der Waals surface area contributed by atoms with Crippen LogP contribution in [0.3, 0.4) is 0 Å². The van der Waals surface area contributed by atoms with Crippen LogP contribution in [-0.2, 0) is 9.47 Å². The van der Waals surface area contributed by atoms with Gasteiger partial charge in [0.05, 0.1) is 54.9 Å². The van der Waals surface area contributed by atoms with Crippen LogP contribution in [0.4, 0.5) is 0 Å². The van der Waals surface area contributed by atoms with E-state index >= 15 is 0 Å². The van der Waals surface area contributed by atoms with E-state index in [1.807, 2.05) is 18.2 Å². The molecule has 0 amide bonds. The molecule has 0 saturated carbocycles. The van der Waals surface area contributed by atoms with E-state index in [0.717, 1.165) is 11.1 Å². The highest BCUT2D eigenvalue weighted by atomic mass is 16.6. The second-order valence-electron chi connectivity index (χ2n) is 7.62. The van der Waals surface area contributed by atoms with Crippen molar-refractivity contribution in [2.45, 2.75) is 17.8 Å². The Kier molecular flexibility index (Phi) is 5.88. The molecule has 8 nitrogen and oxygen atoms in total. The highest BCUT2D eigenvalue weighted by Gasteiger charge is 2.59. The summed E-state index contributed by atoms with van der Waals surface area (Å²) >= 11 is 0. The molecule has 2 heterocycles. The highest BCUT2D eigenvalue weighted by Crippen LogP contribution is 2.54. The fourth-order valence-corrected chi connectivity index (χ4v) is 4.55. The zero-order valence-electron chi connectivity index (χ0n) is 18.3. The number of rotatable bonds is 7. The molecule has 2 saturated heterocycles. The van der Waals surface area contributed by atoms with Gasteiger partial charge in [0, 0.05) is 5.92 Å². The van der Waals surface area contributed by atoms with Gasteiger partial charge in [0.2, 0.25) is 5.75 Å². The molecular weight excluding hydrogens is 404 g/mol. The first-order valence-corrected chi connectivity index (χ1v) is 9.98. The Labute approximate surface area is 181 Å². The average molecular weight is 432 g/mol. The number of benzene rings is 2. The summed E-state index contributed by atoms with van der Waals surface area (Å²) in [7, 11) is 7.84. The molecule has 0 spiro atoms. The summed E-state index contributed by atoms with van der Waals surface area (Å²) in [4.78, 5) is 0. The van der Waals surface area contributed by atoms with Gasteiger partial charge in [0.1, 0.15) is 11.7 Å². The fourth-order valence-electron chi connectivity index (χ4n) is 4.55. The first kappa shape index (κ1) is 21.5. The first-order chi connectivity index (χ1) is 15.0. The number of hydrogen-bond acceptors (Lipinski definition) is 8. The summed E-state index contributed by atoms with van der Waals surface area (Å²) in [5, 5.41) is 11.6. The van der Waals surface area contributed by atoms with E-state index in [1.54, 1.807) is 47.7 Å².